The molecule has 4 heteroatoms. The maximum atomic E-state index is 11.7. The summed E-state index contributed by atoms with van der Waals surface area (Å²) < 4.78 is 5.75. The van der Waals surface area contributed by atoms with Crippen LogP contribution in [0.5, 0.6) is 5.75 Å². The van der Waals surface area contributed by atoms with E-state index < -0.39 is 0 Å². The quantitative estimate of drug-likeness (QED) is 0.846. The van der Waals surface area contributed by atoms with E-state index in [2.05, 4.69) is 23.6 Å². The molecule has 1 amide bonds. The molecule has 2 rings (SSSR count). The Morgan fingerprint density at radius 2 is 2.24 bits per heavy atom. The number of fused-ring (bicyclic) bond motifs is 1. The Kier molecular flexibility index (Phi) is 5.62. The van der Waals surface area contributed by atoms with E-state index in [0.717, 1.165) is 31.6 Å². The van der Waals surface area contributed by atoms with Gasteiger partial charge in [0.15, 0.2) is 6.61 Å². The third kappa shape index (κ3) is 4.21. The predicted octanol–water partition coefficient (Wildman–Crippen LogP) is 2.58. The van der Waals surface area contributed by atoms with Crippen molar-refractivity contribution in [1.29, 1.82) is 0 Å². The molecule has 1 aromatic rings. The zero-order valence-corrected chi connectivity index (χ0v) is 13.2. The number of hydrogen-bond donors (Lipinski definition) is 2. The summed E-state index contributed by atoms with van der Waals surface area (Å²) in [6, 6.07) is 6.71. The summed E-state index contributed by atoms with van der Waals surface area (Å²) in [5, 5.41) is 6.37. The molecule has 1 unspecified atom stereocenters. The Balaban J connectivity index is 2.07. The minimum Gasteiger partial charge on any atom is -0.483 e. The highest BCUT2D eigenvalue weighted by Crippen LogP contribution is 2.35. The maximum Gasteiger partial charge on any atom is 0.258 e. The Hall–Kier alpha value is -1.55. The van der Waals surface area contributed by atoms with E-state index in [1.807, 2.05) is 26.0 Å². The monoisotopic (exact) mass is 290 g/mol. The molecule has 4 nitrogen and oxygen atoms in total. The average molecular weight is 290 g/mol. The molecule has 0 saturated heterocycles. The minimum absolute atomic E-state index is 0.0679. The summed E-state index contributed by atoms with van der Waals surface area (Å²) in [4.78, 5) is 11.7. The van der Waals surface area contributed by atoms with Gasteiger partial charge in [-0.05, 0) is 56.8 Å². The van der Waals surface area contributed by atoms with E-state index in [-0.39, 0.29) is 18.6 Å². The van der Waals surface area contributed by atoms with Gasteiger partial charge in [0.2, 0.25) is 0 Å². The lowest BCUT2D eigenvalue weighted by Gasteiger charge is -2.27. The van der Waals surface area contributed by atoms with E-state index in [4.69, 9.17) is 4.74 Å². The van der Waals surface area contributed by atoms with Crippen molar-refractivity contribution in [2.75, 3.05) is 13.2 Å². The van der Waals surface area contributed by atoms with Gasteiger partial charge in [0.1, 0.15) is 5.75 Å². The van der Waals surface area contributed by atoms with Crippen LogP contribution in [0, 0.1) is 0 Å². The Morgan fingerprint density at radius 3 is 2.95 bits per heavy atom. The fourth-order valence-electron chi connectivity index (χ4n) is 2.92. The van der Waals surface area contributed by atoms with E-state index in [1.54, 1.807) is 0 Å². The van der Waals surface area contributed by atoms with Gasteiger partial charge in [0, 0.05) is 12.1 Å². The van der Waals surface area contributed by atoms with Gasteiger partial charge in [-0.1, -0.05) is 19.1 Å². The second-order valence-electron chi connectivity index (χ2n) is 5.84. The zero-order chi connectivity index (χ0) is 15.2. The Morgan fingerprint density at radius 1 is 1.43 bits per heavy atom. The molecule has 0 aromatic heterocycles. The normalized spacial score (nSPS) is 17.4. The van der Waals surface area contributed by atoms with Crippen LogP contribution in [0.25, 0.3) is 0 Å². The van der Waals surface area contributed by atoms with Gasteiger partial charge in [0.05, 0.1) is 0 Å². The van der Waals surface area contributed by atoms with Crippen LogP contribution < -0.4 is 15.4 Å². The number of nitrogens with one attached hydrogen (secondary N) is 2. The Bertz CT molecular complexity index is 486. The first-order valence-corrected chi connectivity index (χ1v) is 7.89. The Labute approximate surface area is 127 Å². The maximum absolute atomic E-state index is 11.7. The van der Waals surface area contributed by atoms with E-state index in [9.17, 15) is 4.79 Å². The highest BCUT2D eigenvalue weighted by molar-refractivity contribution is 5.77. The number of hydrogen-bond acceptors (Lipinski definition) is 3. The molecule has 2 N–H and O–H groups in total. The minimum atomic E-state index is -0.0679. The first-order chi connectivity index (χ1) is 10.1. The molecule has 21 heavy (non-hydrogen) atoms. The zero-order valence-electron chi connectivity index (χ0n) is 13.2. The smallest absolute Gasteiger partial charge is 0.258 e. The molecule has 1 aromatic carbocycles. The molecule has 0 heterocycles. The van der Waals surface area contributed by atoms with Crippen molar-refractivity contribution in [2.45, 2.75) is 52.1 Å². The van der Waals surface area contributed by atoms with E-state index in [0.29, 0.717) is 6.04 Å². The molecular weight excluding hydrogens is 264 g/mol. The number of rotatable bonds is 6. The van der Waals surface area contributed by atoms with Crippen molar-refractivity contribution in [1.82, 2.24) is 10.6 Å². The topological polar surface area (TPSA) is 50.4 Å². The SMILES string of the molecule is CCNC1CCCc2c(OCC(=O)NC(C)C)cccc21. The average Bonchev–Trinajstić information content (AvgIpc) is 2.45. The summed E-state index contributed by atoms with van der Waals surface area (Å²) in [5.41, 5.74) is 2.58. The molecule has 0 radical (unpaired) electrons. The van der Waals surface area contributed by atoms with Crippen LogP contribution in [0.4, 0.5) is 0 Å². The van der Waals surface area contributed by atoms with Gasteiger partial charge < -0.3 is 15.4 Å². The second kappa shape index (κ2) is 7.46. The van der Waals surface area contributed by atoms with Crippen LogP contribution in [0.15, 0.2) is 18.2 Å². The largest absolute Gasteiger partial charge is 0.483 e. The second-order valence-corrected chi connectivity index (χ2v) is 5.84. The lowest BCUT2D eigenvalue weighted by molar-refractivity contribution is -0.123. The van der Waals surface area contributed by atoms with E-state index >= 15 is 0 Å². The van der Waals surface area contributed by atoms with Crippen molar-refractivity contribution in [3.8, 4) is 5.75 Å². The van der Waals surface area contributed by atoms with Gasteiger partial charge in [-0.2, -0.15) is 0 Å². The molecule has 0 fully saturated rings. The number of carbonyl (C=O) groups is 1. The van der Waals surface area contributed by atoms with Crippen LogP contribution in [0.2, 0.25) is 0 Å². The summed E-state index contributed by atoms with van der Waals surface area (Å²) in [5.74, 6) is 0.788. The molecule has 0 saturated carbocycles. The highest BCUT2D eigenvalue weighted by Gasteiger charge is 2.22. The lowest BCUT2D eigenvalue weighted by atomic mass is 9.87. The molecule has 0 spiro atoms. The molecule has 1 aliphatic rings. The summed E-state index contributed by atoms with van der Waals surface area (Å²) in [6.45, 7) is 7.07. The molecule has 116 valence electrons. The van der Waals surface area contributed by atoms with Gasteiger partial charge in [0.25, 0.3) is 5.91 Å². The van der Waals surface area contributed by atoms with Gasteiger partial charge in [-0.25, -0.2) is 0 Å². The number of carbonyl (C=O) groups excluding carboxylic acids is 1. The summed E-state index contributed by atoms with van der Waals surface area (Å²) >= 11 is 0. The highest BCUT2D eigenvalue weighted by atomic mass is 16.5. The third-order valence-electron chi connectivity index (χ3n) is 3.72. The van der Waals surface area contributed by atoms with Gasteiger partial charge >= 0.3 is 0 Å². The van der Waals surface area contributed by atoms with E-state index in [1.165, 1.54) is 11.1 Å². The number of benzene rings is 1. The van der Waals surface area contributed by atoms with Crippen LogP contribution in [0.1, 0.15) is 50.8 Å². The number of amides is 1. The van der Waals surface area contributed by atoms with Gasteiger partial charge in [-0.3, -0.25) is 4.79 Å². The standard InChI is InChI=1S/C17H26N2O2/c1-4-18-15-9-5-8-14-13(15)7-6-10-16(14)21-11-17(20)19-12(2)3/h6-7,10,12,15,18H,4-5,8-9,11H2,1-3H3,(H,19,20). The van der Waals surface area contributed by atoms with Crippen LogP contribution >= 0.6 is 0 Å². The first-order valence-electron chi connectivity index (χ1n) is 7.89. The lowest BCUT2D eigenvalue weighted by Crippen LogP contribution is -2.34. The van der Waals surface area contributed by atoms with Crippen LogP contribution in [-0.2, 0) is 11.2 Å². The van der Waals surface area contributed by atoms with Crippen molar-refractivity contribution in [3.63, 3.8) is 0 Å². The van der Waals surface area contributed by atoms with Crippen molar-refractivity contribution in [2.24, 2.45) is 0 Å². The first kappa shape index (κ1) is 15.8. The predicted molar refractivity (Wildman–Crippen MR) is 84.6 cm³/mol. The van der Waals surface area contributed by atoms with Crippen molar-refractivity contribution < 1.29 is 9.53 Å². The molecule has 0 bridgehead atoms. The summed E-state index contributed by atoms with van der Waals surface area (Å²) in [7, 11) is 0. The van der Waals surface area contributed by atoms with Crippen LogP contribution in [-0.4, -0.2) is 25.1 Å². The van der Waals surface area contributed by atoms with Crippen molar-refractivity contribution in [3.05, 3.63) is 29.3 Å². The molecule has 0 aliphatic heterocycles. The van der Waals surface area contributed by atoms with Crippen molar-refractivity contribution >= 4 is 5.91 Å². The number of ether oxygens (including phenoxy) is 1. The fourth-order valence-corrected chi connectivity index (χ4v) is 2.92. The molecule has 1 atom stereocenters. The summed E-state index contributed by atoms with van der Waals surface area (Å²) in [6.07, 6.45) is 3.35. The van der Waals surface area contributed by atoms with Gasteiger partial charge in [-0.15, -0.1) is 0 Å². The molecular formula is C17H26N2O2. The molecule has 1 aliphatic carbocycles. The fraction of sp³-hybridized carbons (Fsp3) is 0.588. The van der Waals surface area contributed by atoms with Crippen LogP contribution in [0.3, 0.4) is 0 Å². The third-order valence-corrected chi connectivity index (χ3v) is 3.72.